The number of benzene rings is 2. The van der Waals surface area contributed by atoms with Crippen molar-refractivity contribution in [3.8, 4) is 0 Å². The number of piperidine rings is 1. The predicted octanol–water partition coefficient (Wildman–Crippen LogP) is 2.68. The monoisotopic (exact) mass is 506 g/mol. The summed E-state index contributed by atoms with van der Waals surface area (Å²) in [5.41, 5.74) is 2.03. The lowest BCUT2D eigenvalue weighted by Gasteiger charge is -2.35. The van der Waals surface area contributed by atoms with Crippen LogP contribution in [0.15, 0.2) is 47.4 Å². The molecule has 0 aromatic heterocycles. The van der Waals surface area contributed by atoms with Gasteiger partial charge in [-0.15, -0.1) is 0 Å². The first-order valence-corrected chi connectivity index (χ1v) is 13.8. The zero-order valence-electron chi connectivity index (χ0n) is 18.8. The third kappa shape index (κ3) is 5.43. The minimum absolute atomic E-state index is 0.0616. The van der Waals surface area contributed by atoms with Gasteiger partial charge in [0.2, 0.25) is 10.0 Å². The number of hydrogen-bond acceptors (Lipinski definition) is 7. The van der Waals surface area contributed by atoms with Crippen molar-refractivity contribution < 1.29 is 27.1 Å². The first-order chi connectivity index (χ1) is 16.1. The van der Waals surface area contributed by atoms with Crippen LogP contribution in [-0.4, -0.2) is 53.1 Å². The molecular weight excluding hydrogens is 478 g/mol. The topological polar surface area (TPSA) is 139 Å². The Morgan fingerprint density at radius 1 is 1.15 bits per heavy atom. The van der Waals surface area contributed by atoms with Gasteiger partial charge in [0.05, 0.1) is 23.5 Å². The van der Waals surface area contributed by atoms with E-state index < -0.39 is 38.9 Å². The van der Waals surface area contributed by atoms with Crippen LogP contribution in [0.5, 0.6) is 0 Å². The third-order valence-corrected chi connectivity index (χ3v) is 9.06. The summed E-state index contributed by atoms with van der Waals surface area (Å²) in [4.78, 5) is 15.3. The Morgan fingerprint density at radius 3 is 2.47 bits per heavy atom. The molecule has 2 aromatic carbocycles. The molecule has 9 nitrogen and oxygen atoms in total. The molecule has 11 heteroatoms. The molecule has 184 valence electrons. The molecule has 34 heavy (non-hydrogen) atoms. The van der Waals surface area contributed by atoms with Crippen LogP contribution in [0.2, 0.25) is 0 Å². The SMILES string of the molecule is CC(CO)S(=O)(=O)Nc1ccc(C(=O)Nc2cccc(S(=O)[O-])c2)c(N2CCC3(CC2)CC3)c1. The van der Waals surface area contributed by atoms with Gasteiger partial charge in [-0.05, 0) is 85.5 Å². The number of nitrogens with zero attached hydrogens (tertiary/aromatic N) is 1. The molecule has 4 rings (SSSR count). The van der Waals surface area contributed by atoms with Gasteiger partial charge in [-0.3, -0.25) is 13.7 Å². The molecule has 1 aliphatic carbocycles. The van der Waals surface area contributed by atoms with E-state index in [1.807, 2.05) is 0 Å². The lowest BCUT2D eigenvalue weighted by atomic mass is 9.93. The van der Waals surface area contributed by atoms with Gasteiger partial charge < -0.3 is 19.9 Å². The number of hydrogen-bond donors (Lipinski definition) is 3. The van der Waals surface area contributed by atoms with E-state index in [1.165, 1.54) is 38.0 Å². The van der Waals surface area contributed by atoms with Gasteiger partial charge >= 0.3 is 0 Å². The van der Waals surface area contributed by atoms with Gasteiger partial charge in [0.1, 0.15) is 5.25 Å². The van der Waals surface area contributed by atoms with Crippen LogP contribution in [0.25, 0.3) is 0 Å². The highest BCUT2D eigenvalue weighted by molar-refractivity contribution is 7.93. The molecule has 2 aliphatic rings. The molecule has 1 aliphatic heterocycles. The molecule has 2 atom stereocenters. The minimum atomic E-state index is -3.79. The fourth-order valence-corrected chi connectivity index (χ4v) is 5.45. The van der Waals surface area contributed by atoms with E-state index in [1.54, 1.807) is 24.3 Å². The Kier molecular flexibility index (Phi) is 6.99. The third-order valence-electron chi connectivity index (χ3n) is 6.70. The molecule has 3 N–H and O–H groups in total. The number of nitrogens with one attached hydrogen (secondary N) is 2. The van der Waals surface area contributed by atoms with Crippen LogP contribution in [0.4, 0.5) is 17.1 Å². The predicted molar refractivity (Wildman–Crippen MR) is 130 cm³/mol. The molecule has 1 heterocycles. The Labute approximate surface area is 201 Å². The van der Waals surface area contributed by atoms with Gasteiger partial charge in [-0.1, -0.05) is 6.07 Å². The number of carbonyl (C=O) groups excluding carboxylic acids is 1. The van der Waals surface area contributed by atoms with Crippen molar-refractivity contribution in [2.75, 3.05) is 34.6 Å². The van der Waals surface area contributed by atoms with Crippen LogP contribution in [0.1, 0.15) is 43.0 Å². The highest BCUT2D eigenvalue weighted by Crippen LogP contribution is 2.54. The molecule has 2 unspecified atom stereocenters. The smallest absolute Gasteiger partial charge is 0.257 e. The number of carbonyl (C=O) groups is 1. The van der Waals surface area contributed by atoms with Crippen LogP contribution in [-0.2, 0) is 21.1 Å². The van der Waals surface area contributed by atoms with E-state index in [0.29, 0.717) is 28.0 Å². The second-order valence-corrected chi connectivity index (χ2v) is 12.1. The quantitative estimate of drug-likeness (QED) is 0.468. The van der Waals surface area contributed by atoms with Crippen molar-refractivity contribution in [1.82, 2.24) is 0 Å². The summed E-state index contributed by atoms with van der Waals surface area (Å²) in [6.07, 6.45) is 4.49. The van der Waals surface area contributed by atoms with E-state index in [0.717, 1.165) is 25.9 Å². The number of sulfonamides is 1. The van der Waals surface area contributed by atoms with E-state index in [9.17, 15) is 27.1 Å². The molecule has 1 amide bonds. The summed E-state index contributed by atoms with van der Waals surface area (Å²) in [6, 6.07) is 10.7. The van der Waals surface area contributed by atoms with Gasteiger partial charge in [0.25, 0.3) is 5.91 Å². The summed E-state index contributed by atoms with van der Waals surface area (Å²) in [5.74, 6) is -0.423. The van der Waals surface area contributed by atoms with Gasteiger partial charge in [0, 0.05) is 23.7 Å². The Morgan fingerprint density at radius 2 is 1.85 bits per heavy atom. The lowest BCUT2D eigenvalue weighted by Crippen LogP contribution is -2.36. The maximum absolute atomic E-state index is 13.2. The first-order valence-electron chi connectivity index (χ1n) is 11.1. The van der Waals surface area contributed by atoms with E-state index in [-0.39, 0.29) is 4.90 Å². The minimum Gasteiger partial charge on any atom is -0.768 e. The zero-order valence-corrected chi connectivity index (χ0v) is 20.5. The summed E-state index contributed by atoms with van der Waals surface area (Å²) in [5, 5.41) is 11.0. The molecule has 1 saturated heterocycles. The molecule has 1 spiro atoms. The molecule has 0 bridgehead atoms. The molecular formula is C23H28N3O6S2-. The largest absolute Gasteiger partial charge is 0.768 e. The van der Waals surface area contributed by atoms with Crippen molar-refractivity contribution in [1.29, 1.82) is 0 Å². The standard InChI is InChI=1S/C23H29N3O6S2/c1-16(15-27)34(31,32)25-18-5-6-20(21(14-18)26-11-9-23(7-8-23)10-12-26)22(28)24-17-3-2-4-19(13-17)33(29)30/h2-6,13-14,16,25,27H,7-12,15H2,1H3,(H,24,28)(H,29,30)/p-1. The van der Waals surface area contributed by atoms with Crippen molar-refractivity contribution in [2.24, 2.45) is 5.41 Å². The normalized spacial score (nSPS) is 18.9. The Hall–Kier alpha value is -2.47. The Bertz CT molecular complexity index is 1200. The van der Waals surface area contributed by atoms with Crippen LogP contribution >= 0.6 is 0 Å². The van der Waals surface area contributed by atoms with Crippen molar-refractivity contribution in [3.05, 3.63) is 48.0 Å². The number of rotatable bonds is 8. The summed E-state index contributed by atoms with van der Waals surface area (Å²) in [6.45, 7) is 2.42. The molecule has 1 saturated carbocycles. The van der Waals surface area contributed by atoms with Gasteiger partial charge in [0.15, 0.2) is 0 Å². The second-order valence-electron chi connectivity index (χ2n) is 9.08. The zero-order chi connectivity index (χ0) is 24.5. The summed E-state index contributed by atoms with van der Waals surface area (Å²) < 4.78 is 49.9. The van der Waals surface area contributed by atoms with E-state index >= 15 is 0 Å². The fourth-order valence-electron chi connectivity index (χ4n) is 4.19. The Balaban J connectivity index is 1.63. The van der Waals surface area contributed by atoms with Gasteiger partial charge in [-0.25, -0.2) is 8.42 Å². The number of amides is 1. The second kappa shape index (κ2) is 9.65. The number of aliphatic hydroxyl groups excluding tert-OH is 1. The van der Waals surface area contributed by atoms with E-state index in [2.05, 4.69) is 14.9 Å². The van der Waals surface area contributed by atoms with Crippen molar-refractivity contribution in [3.63, 3.8) is 0 Å². The first kappa shape index (κ1) is 24.6. The molecule has 2 fully saturated rings. The fraction of sp³-hybridized carbons (Fsp3) is 0.435. The van der Waals surface area contributed by atoms with Crippen LogP contribution in [0, 0.1) is 5.41 Å². The molecule has 0 radical (unpaired) electrons. The average molecular weight is 507 g/mol. The lowest BCUT2D eigenvalue weighted by molar-refractivity contribution is 0.102. The summed E-state index contributed by atoms with van der Waals surface area (Å²) in [7, 11) is -3.79. The summed E-state index contributed by atoms with van der Waals surface area (Å²) >= 11 is -2.42. The molecule has 2 aromatic rings. The van der Waals surface area contributed by atoms with Crippen LogP contribution in [0.3, 0.4) is 0 Å². The average Bonchev–Trinajstić information content (AvgIpc) is 3.57. The van der Waals surface area contributed by atoms with Gasteiger partial charge in [-0.2, -0.15) is 0 Å². The van der Waals surface area contributed by atoms with Crippen LogP contribution < -0.4 is 14.9 Å². The van der Waals surface area contributed by atoms with E-state index in [4.69, 9.17) is 0 Å². The highest BCUT2D eigenvalue weighted by Gasteiger charge is 2.44. The number of aliphatic hydroxyl groups is 1. The van der Waals surface area contributed by atoms with Crippen molar-refractivity contribution >= 4 is 44.1 Å². The number of anilines is 3. The van der Waals surface area contributed by atoms with Crippen molar-refractivity contribution in [2.45, 2.75) is 42.8 Å². The maximum atomic E-state index is 13.2. The highest BCUT2D eigenvalue weighted by atomic mass is 32.2. The maximum Gasteiger partial charge on any atom is 0.257 e.